The molecule has 1 amide bonds. The van der Waals surface area contributed by atoms with E-state index >= 15 is 0 Å². The lowest BCUT2D eigenvalue weighted by molar-refractivity contribution is -0.116. The zero-order chi connectivity index (χ0) is 14.4. The van der Waals surface area contributed by atoms with Crippen molar-refractivity contribution in [2.24, 2.45) is 10.3 Å². The van der Waals surface area contributed by atoms with Crippen LogP contribution >= 0.6 is 0 Å². The van der Waals surface area contributed by atoms with Crippen LogP contribution in [0, 0.1) is 0 Å². The van der Waals surface area contributed by atoms with E-state index in [-0.39, 0.29) is 5.91 Å². The van der Waals surface area contributed by atoms with Crippen LogP contribution in [0.3, 0.4) is 0 Å². The predicted octanol–water partition coefficient (Wildman–Crippen LogP) is 3.75. The molecule has 0 spiro atoms. The van der Waals surface area contributed by atoms with Crippen LogP contribution in [0.15, 0.2) is 64.9 Å². The zero-order valence-electron chi connectivity index (χ0n) is 11.4. The number of nitrogens with zero attached hydrogens (tertiary/aromatic N) is 3. The lowest BCUT2D eigenvalue weighted by Gasteiger charge is -2.12. The van der Waals surface area contributed by atoms with Crippen LogP contribution < -0.4 is 9.75 Å². The first-order valence-corrected chi connectivity index (χ1v) is 6.12. The van der Waals surface area contributed by atoms with Gasteiger partial charge in [-0.25, -0.2) is 0 Å². The third-order valence-corrected chi connectivity index (χ3v) is 2.62. The van der Waals surface area contributed by atoms with Crippen molar-refractivity contribution in [1.29, 1.82) is 0 Å². The SMILES string of the molecule is COc1ccc(N=NN(C(C)=O)c2ccccc2)cc1. The Morgan fingerprint density at radius 3 is 2.25 bits per heavy atom. The van der Waals surface area contributed by atoms with Gasteiger partial charge in [0, 0.05) is 6.92 Å². The van der Waals surface area contributed by atoms with Crippen molar-refractivity contribution in [2.75, 3.05) is 12.1 Å². The first-order chi connectivity index (χ1) is 9.70. The number of ether oxygens (including phenoxy) is 1. The molecule has 0 aromatic heterocycles. The molecule has 0 unspecified atom stereocenters. The standard InChI is InChI=1S/C15H15N3O2/c1-12(19)18(14-6-4-3-5-7-14)17-16-13-8-10-15(20-2)11-9-13/h3-11H,1-2H3. The number of hydrogen-bond donors (Lipinski definition) is 0. The van der Waals surface area contributed by atoms with Gasteiger partial charge in [0.05, 0.1) is 18.5 Å². The molecule has 0 bridgehead atoms. The Hall–Kier alpha value is -2.69. The molecule has 0 atom stereocenters. The monoisotopic (exact) mass is 269 g/mol. The summed E-state index contributed by atoms with van der Waals surface area (Å²) in [5, 5.41) is 9.30. The van der Waals surface area contributed by atoms with Crippen LogP contribution in [-0.2, 0) is 4.79 Å². The molecular weight excluding hydrogens is 254 g/mol. The third-order valence-electron chi connectivity index (χ3n) is 2.62. The second kappa shape index (κ2) is 6.47. The van der Waals surface area contributed by atoms with E-state index in [1.165, 1.54) is 11.9 Å². The first-order valence-electron chi connectivity index (χ1n) is 6.12. The number of rotatable bonds is 4. The van der Waals surface area contributed by atoms with Gasteiger partial charge in [0.2, 0.25) is 5.91 Å². The fourth-order valence-corrected chi connectivity index (χ4v) is 1.61. The molecule has 0 aliphatic heterocycles. The van der Waals surface area contributed by atoms with Gasteiger partial charge in [-0.1, -0.05) is 23.4 Å². The lowest BCUT2D eigenvalue weighted by atomic mass is 10.3. The van der Waals surface area contributed by atoms with E-state index in [2.05, 4.69) is 10.3 Å². The summed E-state index contributed by atoms with van der Waals surface area (Å²) in [5.74, 6) is 0.545. The van der Waals surface area contributed by atoms with Gasteiger partial charge < -0.3 is 4.74 Å². The lowest BCUT2D eigenvalue weighted by Crippen LogP contribution is -2.21. The van der Waals surface area contributed by atoms with E-state index in [0.29, 0.717) is 11.4 Å². The Labute approximate surface area is 117 Å². The fourth-order valence-electron chi connectivity index (χ4n) is 1.61. The second-order valence-corrected chi connectivity index (χ2v) is 4.05. The number of para-hydroxylation sites is 1. The summed E-state index contributed by atoms with van der Waals surface area (Å²) < 4.78 is 5.07. The number of amides is 1. The van der Waals surface area contributed by atoms with Crippen molar-refractivity contribution in [1.82, 2.24) is 0 Å². The molecule has 5 heteroatoms. The highest BCUT2D eigenvalue weighted by Gasteiger charge is 2.09. The molecule has 20 heavy (non-hydrogen) atoms. The second-order valence-electron chi connectivity index (χ2n) is 4.05. The largest absolute Gasteiger partial charge is 0.497 e. The van der Waals surface area contributed by atoms with Crippen LogP contribution in [0.2, 0.25) is 0 Å². The zero-order valence-corrected chi connectivity index (χ0v) is 11.4. The summed E-state index contributed by atoms with van der Waals surface area (Å²) in [6.45, 7) is 1.44. The highest BCUT2D eigenvalue weighted by molar-refractivity contribution is 5.90. The maximum atomic E-state index is 11.6. The van der Waals surface area contributed by atoms with Gasteiger partial charge in [0.1, 0.15) is 5.75 Å². The Kier molecular flexibility index (Phi) is 4.44. The van der Waals surface area contributed by atoms with Crippen LogP contribution in [-0.4, -0.2) is 13.0 Å². The van der Waals surface area contributed by atoms with Crippen molar-refractivity contribution in [3.63, 3.8) is 0 Å². The summed E-state index contributed by atoms with van der Waals surface area (Å²) >= 11 is 0. The molecule has 102 valence electrons. The minimum absolute atomic E-state index is 0.200. The molecule has 0 aliphatic rings. The molecule has 0 radical (unpaired) electrons. The quantitative estimate of drug-likeness (QED) is 0.627. The van der Waals surface area contributed by atoms with Crippen LogP contribution in [0.5, 0.6) is 5.75 Å². The number of carbonyl (C=O) groups is 1. The van der Waals surface area contributed by atoms with Gasteiger partial charge in [-0.3, -0.25) is 4.79 Å². The molecule has 0 saturated heterocycles. The molecule has 2 aromatic rings. The summed E-state index contributed by atoms with van der Waals surface area (Å²) in [7, 11) is 1.60. The summed E-state index contributed by atoms with van der Waals surface area (Å²) in [4.78, 5) is 11.6. The van der Waals surface area contributed by atoms with Crippen LogP contribution in [0.25, 0.3) is 0 Å². The molecule has 0 N–H and O–H groups in total. The molecule has 0 heterocycles. The average molecular weight is 269 g/mol. The average Bonchev–Trinajstić information content (AvgIpc) is 2.49. The number of hydrogen-bond acceptors (Lipinski definition) is 4. The van der Waals surface area contributed by atoms with Crippen molar-refractivity contribution in [3.05, 3.63) is 54.6 Å². The van der Waals surface area contributed by atoms with Crippen molar-refractivity contribution >= 4 is 17.3 Å². The highest BCUT2D eigenvalue weighted by Crippen LogP contribution is 2.20. The van der Waals surface area contributed by atoms with E-state index in [9.17, 15) is 4.79 Å². The summed E-state index contributed by atoms with van der Waals surface area (Å²) in [6.07, 6.45) is 0. The summed E-state index contributed by atoms with van der Waals surface area (Å²) in [6, 6.07) is 16.3. The Balaban J connectivity index is 2.19. The van der Waals surface area contributed by atoms with E-state index in [4.69, 9.17) is 4.74 Å². The molecule has 0 aliphatic carbocycles. The molecule has 5 nitrogen and oxygen atoms in total. The molecule has 0 saturated carbocycles. The maximum Gasteiger partial charge on any atom is 0.245 e. The Bertz CT molecular complexity index is 594. The normalized spacial score (nSPS) is 10.5. The van der Waals surface area contributed by atoms with Crippen LogP contribution in [0.1, 0.15) is 6.92 Å². The number of methoxy groups -OCH3 is 1. The predicted molar refractivity (Wildman–Crippen MR) is 77.1 cm³/mol. The number of benzene rings is 2. The van der Waals surface area contributed by atoms with Crippen molar-refractivity contribution < 1.29 is 9.53 Å². The van der Waals surface area contributed by atoms with Gasteiger partial charge in [0.25, 0.3) is 0 Å². The van der Waals surface area contributed by atoms with E-state index in [1.54, 1.807) is 43.5 Å². The maximum absolute atomic E-state index is 11.6. The van der Waals surface area contributed by atoms with Crippen molar-refractivity contribution in [2.45, 2.75) is 6.92 Å². The number of carbonyl (C=O) groups excluding carboxylic acids is 1. The van der Waals surface area contributed by atoms with Gasteiger partial charge in [-0.2, -0.15) is 5.01 Å². The van der Waals surface area contributed by atoms with Crippen LogP contribution in [0.4, 0.5) is 11.4 Å². The molecule has 0 fully saturated rings. The van der Waals surface area contributed by atoms with Crippen molar-refractivity contribution in [3.8, 4) is 5.75 Å². The minimum atomic E-state index is -0.200. The molecular formula is C15H15N3O2. The smallest absolute Gasteiger partial charge is 0.245 e. The highest BCUT2D eigenvalue weighted by atomic mass is 16.5. The van der Waals surface area contributed by atoms with Gasteiger partial charge in [-0.05, 0) is 36.4 Å². The topological polar surface area (TPSA) is 54.3 Å². The first kappa shape index (κ1) is 13.7. The van der Waals surface area contributed by atoms with Gasteiger partial charge >= 0.3 is 0 Å². The Morgan fingerprint density at radius 1 is 1.05 bits per heavy atom. The van der Waals surface area contributed by atoms with E-state index in [1.807, 2.05) is 18.2 Å². The summed E-state index contributed by atoms with van der Waals surface area (Å²) in [5.41, 5.74) is 1.32. The fraction of sp³-hybridized carbons (Fsp3) is 0.133. The van der Waals surface area contributed by atoms with Gasteiger partial charge in [-0.15, -0.1) is 5.11 Å². The minimum Gasteiger partial charge on any atom is -0.497 e. The molecule has 2 aromatic carbocycles. The van der Waals surface area contributed by atoms with Gasteiger partial charge in [0.15, 0.2) is 0 Å². The Morgan fingerprint density at radius 2 is 1.70 bits per heavy atom. The number of anilines is 1. The van der Waals surface area contributed by atoms with E-state index < -0.39 is 0 Å². The van der Waals surface area contributed by atoms with E-state index in [0.717, 1.165) is 5.75 Å². The molecule has 2 rings (SSSR count). The third kappa shape index (κ3) is 3.41.